The summed E-state index contributed by atoms with van der Waals surface area (Å²) in [4.78, 5) is 17.0. The second-order valence-electron chi connectivity index (χ2n) is 6.21. The van der Waals surface area contributed by atoms with Gasteiger partial charge in [0.1, 0.15) is 0 Å². The molecular weight excluding hydrogens is 318 g/mol. The predicted octanol–water partition coefficient (Wildman–Crippen LogP) is 3.05. The average Bonchev–Trinajstić information content (AvgIpc) is 3.04. The Balaban J connectivity index is 1.70. The fourth-order valence-electron chi connectivity index (χ4n) is 4.12. The lowest BCUT2D eigenvalue weighted by Gasteiger charge is -2.14. The number of halogens is 1. The van der Waals surface area contributed by atoms with E-state index in [1.807, 2.05) is 12.1 Å². The maximum atomic E-state index is 11.4. The van der Waals surface area contributed by atoms with Gasteiger partial charge in [-0.2, -0.15) is 0 Å². The van der Waals surface area contributed by atoms with E-state index >= 15 is 0 Å². The zero-order valence-corrected chi connectivity index (χ0v) is 12.7. The zero-order valence-electron chi connectivity index (χ0n) is 11.2. The average molecular weight is 336 g/mol. The summed E-state index contributed by atoms with van der Waals surface area (Å²) in [6, 6.07) is 4.04. The molecule has 0 spiro atoms. The van der Waals surface area contributed by atoms with Gasteiger partial charge in [-0.1, -0.05) is 28.8 Å². The van der Waals surface area contributed by atoms with Crippen molar-refractivity contribution in [3.8, 4) is 0 Å². The largest absolute Gasteiger partial charge is 0.324 e. The van der Waals surface area contributed by atoms with Gasteiger partial charge in [-0.25, -0.2) is 4.79 Å². The monoisotopic (exact) mass is 335 g/mol. The molecular formula is C15H18BrN3O. The molecule has 5 heteroatoms. The maximum Gasteiger partial charge on any atom is 0.323 e. The third-order valence-corrected chi connectivity index (χ3v) is 5.82. The molecule has 2 saturated carbocycles. The van der Waals surface area contributed by atoms with Crippen LogP contribution in [0.5, 0.6) is 0 Å². The molecule has 3 atom stereocenters. The Labute approximate surface area is 125 Å². The molecule has 1 aromatic carbocycles. The fraction of sp³-hybridized carbons (Fsp3) is 0.533. The minimum Gasteiger partial charge on any atom is -0.324 e. The number of benzene rings is 1. The van der Waals surface area contributed by atoms with E-state index in [4.69, 9.17) is 5.73 Å². The molecule has 2 aromatic rings. The van der Waals surface area contributed by atoms with Crippen LogP contribution in [0, 0.1) is 17.8 Å². The molecule has 2 aliphatic carbocycles. The van der Waals surface area contributed by atoms with Gasteiger partial charge in [0.25, 0.3) is 0 Å². The first-order valence-corrected chi connectivity index (χ1v) is 8.11. The molecule has 1 heterocycles. The van der Waals surface area contributed by atoms with E-state index < -0.39 is 0 Å². The van der Waals surface area contributed by atoms with Crippen molar-refractivity contribution in [1.82, 2.24) is 9.97 Å². The van der Waals surface area contributed by atoms with Crippen LogP contribution in [-0.4, -0.2) is 9.97 Å². The number of rotatable bonds is 2. The number of fused-ring (bicyclic) bond motifs is 2. The summed E-state index contributed by atoms with van der Waals surface area (Å²) in [7, 11) is 0. The van der Waals surface area contributed by atoms with Crippen molar-refractivity contribution in [3.05, 3.63) is 32.7 Å². The summed E-state index contributed by atoms with van der Waals surface area (Å²) in [6.07, 6.45) is 5.39. The summed E-state index contributed by atoms with van der Waals surface area (Å²) < 4.78 is 0.997. The summed E-state index contributed by atoms with van der Waals surface area (Å²) in [5, 5.41) is 0. The molecule has 3 unspecified atom stereocenters. The van der Waals surface area contributed by atoms with E-state index in [0.717, 1.165) is 32.9 Å². The first kappa shape index (κ1) is 12.7. The third kappa shape index (κ3) is 1.87. The van der Waals surface area contributed by atoms with Crippen molar-refractivity contribution in [2.45, 2.75) is 31.7 Å². The summed E-state index contributed by atoms with van der Waals surface area (Å²) in [6.45, 7) is 0. The Kier molecular flexibility index (Phi) is 2.82. The van der Waals surface area contributed by atoms with Crippen LogP contribution in [-0.2, 0) is 0 Å². The molecule has 0 saturated heterocycles. The van der Waals surface area contributed by atoms with Crippen LogP contribution in [0.15, 0.2) is 21.4 Å². The molecule has 0 amide bonds. The summed E-state index contributed by atoms with van der Waals surface area (Å²) in [5.74, 6) is 2.27. The SMILES string of the molecule is NC(c1cc2[nH]c(=O)[nH]c2cc1Br)C1C2CCCCC21. The predicted molar refractivity (Wildman–Crippen MR) is 82.5 cm³/mol. The summed E-state index contributed by atoms with van der Waals surface area (Å²) in [5.41, 5.74) is 9.14. The highest BCUT2D eigenvalue weighted by Crippen LogP contribution is 2.60. The van der Waals surface area contributed by atoms with E-state index in [1.165, 1.54) is 25.7 Å². The molecule has 4 rings (SSSR count). The zero-order chi connectivity index (χ0) is 13.9. The number of hydrogen-bond donors (Lipinski definition) is 3. The molecule has 0 radical (unpaired) electrons. The van der Waals surface area contributed by atoms with Crippen LogP contribution >= 0.6 is 15.9 Å². The van der Waals surface area contributed by atoms with Crippen molar-refractivity contribution in [2.24, 2.45) is 23.5 Å². The number of nitrogens with one attached hydrogen (secondary N) is 2. The Morgan fingerprint density at radius 1 is 1.15 bits per heavy atom. The van der Waals surface area contributed by atoms with Gasteiger partial charge in [-0.15, -0.1) is 0 Å². The van der Waals surface area contributed by atoms with Gasteiger partial charge in [0, 0.05) is 10.5 Å². The standard InChI is InChI=1S/C15H18BrN3O/c16-10-6-12-11(18-15(20)19-12)5-9(10)14(17)13-7-3-1-2-4-8(7)13/h5-8,13-14H,1-4,17H2,(H2,18,19,20). The highest BCUT2D eigenvalue weighted by Gasteiger charge is 2.53. The Bertz CT molecular complexity index is 707. The van der Waals surface area contributed by atoms with Gasteiger partial charge < -0.3 is 15.7 Å². The van der Waals surface area contributed by atoms with E-state index in [1.54, 1.807) is 0 Å². The quantitative estimate of drug-likeness (QED) is 0.788. The van der Waals surface area contributed by atoms with Crippen LogP contribution in [0.2, 0.25) is 0 Å². The maximum absolute atomic E-state index is 11.4. The smallest absolute Gasteiger partial charge is 0.323 e. The molecule has 0 aliphatic heterocycles. The highest BCUT2D eigenvalue weighted by atomic mass is 79.9. The Morgan fingerprint density at radius 3 is 2.40 bits per heavy atom. The van der Waals surface area contributed by atoms with Crippen molar-refractivity contribution < 1.29 is 0 Å². The molecule has 20 heavy (non-hydrogen) atoms. The number of aromatic nitrogens is 2. The minimum absolute atomic E-state index is 0.0697. The second kappa shape index (κ2) is 4.46. The first-order valence-electron chi connectivity index (χ1n) is 7.32. The van der Waals surface area contributed by atoms with Gasteiger partial charge in [0.05, 0.1) is 11.0 Å². The Morgan fingerprint density at radius 2 is 1.75 bits per heavy atom. The number of H-pyrrole nitrogens is 2. The summed E-state index contributed by atoms with van der Waals surface area (Å²) >= 11 is 3.61. The molecule has 2 aliphatic rings. The van der Waals surface area contributed by atoms with E-state index in [0.29, 0.717) is 5.92 Å². The number of imidazole rings is 1. The van der Waals surface area contributed by atoms with Crippen molar-refractivity contribution >= 4 is 27.0 Å². The van der Waals surface area contributed by atoms with E-state index in [9.17, 15) is 4.79 Å². The van der Waals surface area contributed by atoms with Crippen molar-refractivity contribution in [3.63, 3.8) is 0 Å². The lowest BCUT2D eigenvalue weighted by Crippen LogP contribution is -2.15. The van der Waals surface area contributed by atoms with Gasteiger partial charge in [-0.3, -0.25) is 0 Å². The Hall–Kier alpha value is -1.07. The lowest BCUT2D eigenvalue weighted by atomic mass is 10.0. The van der Waals surface area contributed by atoms with Crippen LogP contribution < -0.4 is 11.4 Å². The van der Waals surface area contributed by atoms with Gasteiger partial charge in [0.15, 0.2) is 0 Å². The van der Waals surface area contributed by atoms with Gasteiger partial charge in [-0.05, 0) is 48.3 Å². The fourth-order valence-corrected chi connectivity index (χ4v) is 4.72. The van der Waals surface area contributed by atoms with Gasteiger partial charge >= 0.3 is 5.69 Å². The first-order chi connectivity index (χ1) is 9.65. The van der Waals surface area contributed by atoms with Crippen molar-refractivity contribution in [1.29, 1.82) is 0 Å². The lowest BCUT2D eigenvalue weighted by molar-refractivity contribution is 0.480. The molecule has 4 nitrogen and oxygen atoms in total. The molecule has 1 aromatic heterocycles. The van der Waals surface area contributed by atoms with E-state index in [2.05, 4.69) is 25.9 Å². The number of nitrogens with two attached hydrogens (primary N) is 1. The van der Waals surface area contributed by atoms with Crippen LogP contribution in [0.25, 0.3) is 11.0 Å². The molecule has 106 valence electrons. The van der Waals surface area contributed by atoms with Crippen LogP contribution in [0.3, 0.4) is 0 Å². The number of aromatic amines is 2. The molecule has 2 fully saturated rings. The molecule has 0 bridgehead atoms. The molecule has 4 N–H and O–H groups in total. The topological polar surface area (TPSA) is 74.7 Å². The van der Waals surface area contributed by atoms with Gasteiger partial charge in [0.2, 0.25) is 0 Å². The highest BCUT2D eigenvalue weighted by molar-refractivity contribution is 9.10. The van der Waals surface area contributed by atoms with Crippen molar-refractivity contribution in [2.75, 3.05) is 0 Å². The number of hydrogen-bond acceptors (Lipinski definition) is 2. The van der Waals surface area contributed by atoms with Crippen LogP contribution in [0.4, 0.5) is 0 Å². The normalized spacial score (nSPS) is 30.2. The minimum atomic E-state index is -0.169. The third-order valence-electron chi connectivity index (χ3n) is 5.13. The van der Waals surface area contributed by atoms with E-state index in [-0.39, 0.29) is 11.7 Å². The van der Waals surface area contributed by atoms with Crippen LogP contribution in [0.1, 0.15) is 37.3 Å². The second-order valence-corrected chi connectivity index (χ2v) is 7.07.